The number of carbonyl (C=O) groups excluding carboxylic acids is 1. The highest BCUT2D eigenvalue weighted by Gasteiger charge is 2.13. The topological polar surface area (TPSA) is 80.1 Å². The van der Waals surface area contributed by atoms with Gasteiger partial charge >= 0.3 is 5.97 Å². The summed E-state index contributed by atoms with van der Waals surface area (Å²) in [4.78, 5) is 15.9. The third-order valence-electron chi connectivity index (χ3n) is 2.13. The van der Waals surface area contributed by atoms with Crippen LogP contribution in [0.4, 0.5) is 0 Å². The molecule has 1 atom stereocenters. The summed E-state index contributed by atoms with van der Waals surface area (Å²) in [5, 5.41) is 0.221. The number of fused-ring (bicyclic) bond motifs is 1. The summed E-state index contributed by atoms with van der Waals surface area (Å²) in [7, 11) is -1.52. The van der Waals surface area contributed by atoms with Crippen LogP contribution in [0.25, 0.3) is 10.2 Å². The number of nitrogens with zero attached hydrogens (tertiary/aromatic N) is 1. The van der Waals surface area contributed by atoms with Crippen molar-refractivity contribution in [1.82, 2.24) is 4.98 Å². The fraction of sp³-hybridized carbons (Fsp3) is 0.200. The Morgan fingerprint density at radius 3 is 2.82 bits per heavy atom. The van der Waals surface area contributed by atoms with Gasteiger partial charge in [0.05, 0.1) is 27.1 Å². The van der Waals surface area contributed by atoms with Crippen LogP contribution in [-0.4, -0.2) is 28.5 Å². The van der Waals surface area contributed by atoms with E-state index in [9.17, 15) is 9.00 Å². The molecule has 2 aromatic heterocycles. The first-order chi connectivity index (χ1) is 7.91. The summed E-state index contributed by atoms with van der Waals surface area (Å²) in [5.74, 6) is -0.419. The maximum Gasteiger partial charge on any atom is 0.348 e. The normalized spacial score (nSPS) is 14.5. The van der Waals surface area contributed by atoms with E-state index in [0.29, 0.717) is 10.4 Å². The number of aromatic nitrogens is 1. The number of pyridine rings is 1. The van der Waals surface area contributed by atoms with Crippen molar-refractivity contribution in [2.45, 2.75) is 5.03 Å². The molecule has 0 aliphatic rings. The molecule has 0 saturated carbocycles. The van der Waals surface area contributed by atoms with E-state index in [4.69, 9.17) is 4.78 Å². The van der Waals surface area contributed by atoms with Crippen LogP contribution in [0.15, 0.2) is 23.2 Å². The Bertz CT molecular complexity index is 689. The first kappa shape index (κ1) is 12.0. The van der Waals surface area contributed by atoms with Crippen molar-refractivity contribution < 1.29 is 13.7 Å². The lowest BCUT2D eigenvalue weighted by Crippen LogP contribution is -1.98. The van der Waals surface area contributed by atoms with Gasteiger partial charge in [0.2, 0.25) is 0 Å². The molecule has 0 saturated heterocycles. The zero-order valence-electron chi connectivity index (χ0n) is 9.22. The van der Waals surface area contributed by atoms with E-state index in [1.54, 1.807) is 18.2 Å². The van der Waals surface area contributed by atoms with E-state index < -0.39 is 15.7 Å². The minimum absolute atomic E-state index is 0.221. The van der Waals surface area contributed by atoms with Crippen molar-refractivity contribution in [3.8, 4) is 0 Å². The van der Waals surface area contributed by atoms with Gasteiger partial charge in [0, 0.05) is 6.26 Å². The molecule has 0 spiro atoms. The second-order valence-electron chi connectivity index (χ2n) is 3.48. The zero-order chi connectivity index (χ0) is 12.6. The largest absolute Gasteiger partial charge is 0.465 e. The molecule has 2 aromatic rings. The number of ether oxygens (including phenoxy) is 1. The lowest BCUT2D eigenvalue weighted by Gasteiger charge is -1.98. The van der Waals surface area contributed by atoms with Gasteiger partial charge in [-0.3, -0.25) is 0 Å². The fourth-order valence-corrected chi connectivity index (χ4v) is 2.84. The second-order valence-corrected chi connectivity index (χ2v) is 6.67. The molecule has 0 aromatic carbocycles. The van der Waals surface area contributed by atoms with Gasteiger partial charge in [-0.15, -0.1) is 11.3 Å². The predicted molar refractivity (Wildman–Crippen MR) is 66.0 cm³/mol. The number of thiophene rings is 1. The average molecular weight is 270 g/mol. The molecular formula is C10H10N2O3S2. The summed E-state index contributed by atoms with van der Waals surface area (Å²) in [6, 6.07) is 4.85. The lowest BCUT2D eigenvalue weighted by molar-refractivity contribution is 0.0606. The quantitative estimate of drug-likeness (QED) is 0.848. The molecule has 0 radical (unpaired) electrons. The molecule has 17 heavy (non-hydrogen) atoms. The van der Waals surface area contributed by atoms with Crippen molar-refractivity contribution in [3.63, 3.8) is 0 Å². The van der Waals surface area contributed by atoms with Gasteiger partial charge in [-0.2, -0.15) is 0 Å². The van der Waals surface area contributed by atoms with Gasteiger partial charge in [0.1, 0.15) is 9.90 Å². The highest BCUT2D eigenvalue weighted by molar-refractivity contribution is 7.91. The maximum atomic E-state index is 11.5. The molecule has 0 amide bonds. The molecule has 0 fully saturated rings. The molecule has 7 heteroatoms. The van der Waals surface area contributed by atoms with Crippen LogP contribution >= 0.6 is 11.3 Å². The molecule has 0 bridgehead atoms. The van der Waals surface area contributed by atoms with E-state index in [1.807, 2.05) is 0 Å². The predicted octanol–water partition coefficient (Wildman–Crippen LogP) is 2.12. The summed E-state index contributed by atoms with van der Waals surface area (Å²) < 4.78 is 24.4. The van der Waals surface area contributed by atoms with Crippen LogP contribution in [-0.2, 0) is 14.5 Å². The Labute approximate surface area is 102 Å². The van der Waals surface area contributed by atoms with Gasteiger partial charge in [0.15, 0.2) is 0 Å². The van der Waals surface area contributed by atoms with Crippen molar-refractivity contribution in [2.75, 3.05) is 13.4 Å². The Hall–Kier alpha value is -1.47. The van der Waals surface area contributed by atoms with E-state index in [-0.39, 0.29) is 5.03 Å². The number of nitrogens with one attached hydrogen (secondary N) is 1. The molecule has 2 heterocycles. The first-order valence-corrected chi connectivity index (χ1v) is 7.43. The van der Waals surface area contributed by atoms with Gasteiger partial charge < -0.3 is 4.74 Å². The van der Waals surface area contributed by atoms with Crippen LogP contribution in [0.5, 0.6) is 0 Å². The highest BCUT2D eigenvalue weighted by Crippen LogP contribution is 2.25. The van der Waals surface area contributed by atoms with E-state index >= 15 is 0 Å². The SMILES string of the molecule is COC(=O)c1cc2nc(S(C)(=N)=O)ccc2s1. The van der Waals surface area contributed by atoms with Crippen LogP contribution in [0.2, 0.25) is 0 Å². The maximum absolute atomic E-state index is 11.5. The third kappa shape index (κ3) is 2.29. The minimum atomic E-state index is -2.83. The number of rotatable bonds is 2. The highest BCUT2D eigenvalue weighted by atomic mass is 32.2. The minimum Gasteiger partial charge on any atom is -0.465 e. The van der Waals surface area contributed by atoms with Crippen LogP contribution in [0.3, 0.4) is 0 Å². The van der Waals surface area contributed by atoms with E-state index in [2.05, 4.69) is 9.72 Å². The van der Waals surface area contributed by atoms with Gasteiger partial charge in [-0.05, 0) is 18.2 Å². The number of carbonyl (C=O) groups is 1. The van der Waals surface area contributed by atoms with Gasteiger partial charge in [-0.1, -0.05) is 0 Å². The fourth-order valence-electron chi connectivity index (χ4n) is 1.32. The molecular weight excluding hydrogens is 260 g/mol. The molecule has 1 unspecified atom stereocenters. The molecule has 2 rings (SSSR count). The molecule has 0 aliphatic carbocycles. The number of methoxy groups -OCH3 is 1. The number of hydrogen-bond donors (Lipinski definition) is 1. The molecule has 1 N–H and O–H groups in total. The zero-order valence-corrected chi connectivity index (χ0v) is 10.9. The Kier molecular flexibility index (Phi) is 2.88. The standard InChI is InChI=1S/C10H10N2O3S2/c1-15-10(13)8-5-6-7(16-8)3-4-9(12-6)17(2,11)14/h3-5,11H,1-2H3. The summed E-state index contributed by atoms with van der Waals surface area (Å²) >= 11 is 1.26. The Morgan fingerprint density at radius 2 is 2.24 bits per heavy atom. The van der Waals surface area contributed by atoms with Crippen molar-refractivity contribution in [1.29, 1.82) is 4.78 Å². The van der Waals surface area contributed by atoms with E-state index in [1.165, 1.54) is 24.7 Å². The average Bonchev–Trinajstić information content (AvgIpc) is 2.69. The first-order valence-electron chi connectivity index (χ1n) is 4.64. The summed E-state index contributed by atoms with van der Waals surface area (Å²) in [6.07, 6.45) is 1.31. The molecule has 0 aliphatic heterocycles. The molecule has 5 nitrogen and oxygen atoms in total. The molecule has 90 valence electrons. The van der Waals surface area contributed by atoms with Crippen molar-refractivity contribution >= 4 is 37.3 Å². The van der Waals surface area contributed by atoms with Crippen molar-refractivity contribution in [3.05, 3.63) is 23.1 Å². The van der Waals surface area contributed by atoms with Crippen LogP contribution in [0, 0.1) is 4.78 Å². The van der Waals surface area contributed by atoms with Crippen LogP contribution in [0.1, 0.15) is 9.67 Å². The monoisotopic (exact) mass is 270 g/mol. The summed E-state index contributed by atoms with van der Waals surface area (Å²) in [6.45, 7) is 0. The Balaban J connectivity index is 2.60. The van der Waals surface area contributed by atoms with Crippen molar-refractivity contribution in [2.24, 2.45) is 0 Å². The lowest BCUT2D eigenvalue weighted by atomic mass is 10.4. The van der Waals surface area contributed by atoms with E-state index in [0.717, 1.165) is 4.70 Å². The number of esters is 1. The van der Waals surface area contributed by atoms with Crippen LogP contribution < -0.4 is 0 Å². The smallest absolute Gasteiger partial charge is 0.348 e. The number of hydrogen-bond acceptors (Lipinski definition) is 6. The van der Waals surface area contributed by atoms with Gasteiger partial charge in [-0.25, -0.2) is 18.8 Å². The summed E-state index contributed by atoms with van der Waals surface area (Å²) in [5.41, 5.74) is 0.565. The second kappa shape index (κ2) is 4.08. The van der Waals surface area contributed by atoms with Gasteiger partial charge in [0.25, 0.3) is 0 Å². The Morgan fingerprint density at radius 1 is 1.53 bits per heavy atom. The third-order valence-corrected chi connectivity index (χ3v) is 4.23.